The molecule has 0 fully saturated rings. The Kier molecular flexibility index (Phi) is 5.84. The lowest BCUT2D eigenvalue weighted by Gasteiger charge is -2.25. The highest BCUT2D eigenvalue weighted by Gasteiger charge is 2.27. The van der Waals surface area contributed by atoms with Crippen LogP contribution in [0, 0.1) is 0 Å². The van der Waals surface area contributed by atoms with Gasteiger partial charge in [0, 0.05) is 34.0 Å². The molecule has 0 saturated heterocycles. The normalized spacial score (nSPS) is 14.0. The third-order valence-corrected chi connectivity index (χ3v) is 8.60. The van der Waals surface area contributed by atoms with E-state index < -0.39 is 0 Å². The number of thiazole rings is 1. The lowest BCUT2D eigenvalue weighted by atomic mass is 10.0. The number of likely N-dealkylation sites (N-methyl/N-ethyl adjacent to an activating group) is 1. The molecule has 0 spiro atoms. The summed E-state index contributed by atoms with van der Waals surface area (Å²) in [5, 5.41) is 5.13. The standard InChI is InChI=1S/C24H23N3OS3/c1-3-27-13-12-17-20(14-27)31-24(26-22(28)15-8-10-16(29-2)11-9-15)21(17)23-25-18-6-4-5-7-19(18)30-23/h4-11H,3,12-14H2,1-2H3,(H,26,28). The third-order valence-electron chi connectivity index (χ3n) is 5.67. The first-order chi connectivity index (χ1) is 15.2. The summed E-state index contributed by atoms with van der Waals surface area (Å²) in [6.07, 6.45) is 3.03. The molecule has 1 amide bonds. The first-order valence-corrected chi connectivity index (χ1v) is 13.2. The molecule has 4 nitrogen and oxygen atoms in total. The summed E-state index contributed by atoms with van der Waals surface area (Å²) in [5.74, 6) is -0.0686. The fourth-order valence-corrected chi connectivity index (χ4v) is 6.74. The largest absolute Gasteiger partial charge is 0.313 e. The fourth-order valence-electron chi connectivity index (χ4n) is 3.94. The summed E-state index contributed by atoms with van der Waals surface area (Å²) >= 11 is 5.08. The number of amides is 1. The lowest BCUT2D eigenvalue weighted by molar-refractivity contribution is 0.102. The zero-order valence-corrected chi connectivity index (χ0v) is 19.9. The first-order valence-electron chi connectivity index (χ1n) is 10.3. The molecular weight excluding hydrogens is 442 g/mol. The molecule has 0 unspecified atom stereocenters. The maximum atomic E-state index is 13.1. The van der Waals surface area contributed by atoms with Crippen LogP contribution in [0.1, 0.15) is 27.7 Å². The van der Waals surface area contributed by atoms with Gasteiger partial charge in [-0.05, 0) is 61.2 Å². The van der Waals surface area contributed by atoms with Crippen molar-refractivity contribution in [3.63, 3.8) is 0 Å². The molecule has 2 aromatic heterocycles. The van der Waals surface area contributed by atoms with Gasteiger partial charge in [-0.2, -0.15) is 0 Å². The molecule has 3 heterocycles. The van der Waals surface area contributed by atoms with Crippen molar-refractivity contribution < 1.29 is 4.79 Å². The monoisotopic (exact) mass is 465 g/mol. The number of hydrogen-bond acceptors (Lipinski definition) is 6. The SMILES string of the molecule is CCN1CCc2c(sc(NC(=O)c3ccc(SC)cc3)c2-c2nc3ccccc3s2)C1. The molecule has 0 radical (unpaired) electrons. The smallest absolute Gasteiger partial charge is 0.256 e. The van der Waals surface area contributed by atoms with Crippen molar-refractivity contribution in [3.8, 4) is 10.6 Å². The van der Waals surface area contributed by atoms with Gasteiger partial charge in [-0.25, -0.2) is 4.98 Å². The molecule has 0 saturated carbocycles. The average molecular weight is 466 g/mol. The number of hydrogen-bond donors (Lipinski definition) is 1. The Labute approximate surface area is 194 Å². The van der Waals surface area contributed by atoms with Crippen molar-refractivity contribution in [3.05, 3.63) is 64.5 Å². The van der Waals surface area contributed by atoms with Crippen LogP contribution in [0.2, 0.25) is 0 Å². The topological polar surface area (TPSA) is 45.2 Å². The molecule has 1 aliphatic heterocycles. The first kappa shape index (κ1) is 20.7. The number of carbonyl (C=O) groups excluding carboxylic acids is 1. The summed E-state index contributed by atoms with van der Waals surface area (Å²) in [5.41, 5.74) is 4.15. The highest BCUT2D eigenvalue weighted by molar-refractivity contribution is 7.98. The maximum absolute atomic E-state index is 13.1. The Morgan fingerprint density at radius 3 is 2.71 bits per heavy atom. The van der Waals surface area contributed by atoms with E-state index in [1.165, 1.54) is 15.1 Å². The van der Waals surface area contributed by atoms with Crippen LogP contribution in [0.5, 0.6) is 0 Å². The van der Waals surface area contributed by atoms with Crippen LogP contribution in [0.4, 0.5) is 5.00 Å². The summed E-state index contributed by atoms with van der Waals surface area (Å²) in [6.45, 7) is 5.22. The quantitative estimate of drug-likeness (QED) is 0.348. The van der Waals surface area contributed by atoms with Gasteiger partial charge in [0.05, 0.1) is 10.2 Å². The molecule has 0 atom stereocenters. The summed E-state index contributed by atoms with van der Waals surface area (Å²) in [4.78, 5) is 22.9. The second kappa shape index (κ2) is 8.74. The van der Waals surface area contributed by atoms with Gasteiger partial charge in [0.2, 0.25) is 0 Å². The van der Waals surface area contributed by atoms with Gasteiger partial charge >= 0.3 is 0 Å². The van der Waals surface area contributed by atoms with E-state index in [0.717, 1.165) is 52.0 Å². The third kappa shape index (κ3) is 4.03. The van der Waals surface area contributed by atoms with Crippen LogP contribution < -0.4 is 5.32 Å². The molecule has 2 aromatic carbocycles. The number of thioether (sulfide) groups is 1. The van der Waals surface area contributed by atoms with Crippen LogP contribution in [0.15, 0.2) is 53.4 Å². The molecule has 1 aliphatic rings. The second-order valence-corrected chi connectivity index (χ2v) is 10.5. The molecule has 0 aliphatic carbocycles. The number of anilines is 1. The van der Waals surface area contributed by atoms with E-state index in [4.69, 9.17) is 4.98 Å². The van der Waals surface area contributed by atoms with E-state index in [0.29, 0.717) is 5.56 Å². The van der Waals surface area contributed by atoms with Crippen molar-refractivity contribution in [1.82, 2.24) is 9.88 Å². The van der Waals surface area contributed by atoms with Crippen molar-refractivity contribution >= 4 is 55.6 Å². The van der Waals surface area contributed by atoms with Gasteiger partial charge in [-0.3, -0.25) is 9.69 Å². The molecule has 1 N–H and O–H groups in total. The van der Waals surface area contributed by atoms with Crippen LogP contribution >= 0.6 is 34.4 Å². The van der Waals surface area contributed by atoms with Gasteiger partial charge in [0.25, 0.3) is 5.91 Å². The van der Waals surface area contributed by atoms with Crippen molar-refractivity contribution in [2.24, 2.45) is 0 Å². The van der Waals surface area contributed by atoms with Crippen LogP contribution in [-0.4, -0.2) is 35.1 Å². The van der Waals surface area contributed by atoms with E-state index >= 15 is 0 Å². The number of thiophene rings is 1. The predicted octanol–water partition coefficient (Wildman–Crippen LogP) is 6.38. The molecular formula is C24H23N3OS3. The van der Waals surface area contributed by atoms with Crippen LogP contribution in [-0.2, 0) is 13.0 Å². The van der Waals surface area contributed by atoms with E-state index in [2.05, 4.69) is 29.3 Å². The number of aromatic nitrogens is 1. The highest BCUT2D eigenvalue weighted by Crippen LogP contribution is 2.45. The van der Waals surface area contributed by atoms with Gasteiger partial charge in [-0.15, -0.1) is 34.4 Å². The lowest BCUT2D eigenvalue weighted by Crippen LogP contribution is -2.29. The van der Waals surface area contributed by atoms with E-state index in [1.54, 1.807) is 34.4 Å². The van der Waals surface area contributed by atoms with E-state index in [-0.39, 0.29) is 5.91 Å². The second-order valence-electron chi connectivity index (χ2n) is 7.50. The van der Waals surface area contributed by atoms with Crippen molar-refractivity contribution in [2.45, 2.75) is 24.8 Å². The number of carbonyl (C=O) groups is 1. The average Bonchev–Trinajstić information content (AvgIpc) is 3.38. The highest BCUT2D eigenvalue weighted by atomic mass is 32.2. The van der Waals surface area contributed by atoms with E-state index in [1.807, 2.05) is 42.7 Å². The Bertz CT molecular complexity index is 1210. The Balaban J connectivity index is 1.55. The zero-order chi connectivity index (χ0) is 21.4. The molecule has 31 heavy (non-hydrogen) atoms. The van der Waals surface area contributed by atoms with Crippen LogP contribution in [0.3, 0.4) is 0 Å². The van der Waals surface area contributed by atoms with Gasteiger partial charge < -0.3 is 5.32 Å². The van der Waals surface area contributed by atoms with Crippen molar-refractivity contribution in [1.29, 1.82) is 0 Å². The van der Waals surface area contributed by atoms with Gasteiger partial charge in [0.15, 0.2) is 0 Å². The molecule has 0 bridgehead atoms. The number of rotatable bonds is 5. The summed E-state index contributed by atoms with van der Waals surface area (Å²) in [6, 6.07) is 16.0. The number of benzene rings is 2. The number of nitrogens with zero attached hydrogens (tertiary/aromatic N) is 2. The number of nitrogens with one attached hydrogen (secondary N) is 1. The van der Waals surface area contributed by atoms with E-state index in [9.17, 15) is 4.79 Å². The minimum Gasteiger partial charge on any atom is -0.313 e. The fraction of sp³-hybridized carbons (Fsp3) is 0.250. The zero-order valence-electron chi connectivity index (χ0n) is 17.5. The van der Waals surface area contributed by atoms with Crippen LogP contribution in [0.25, 0.3) is 20.8 Å². The number of fused-ring (bicyclic) bond motifs is 2. The minimum absolute atomic E-state index is 0.0686. The Hall–Kier alpha value is -2.19. The Morgan fingerprint density at radius 1 is 1.16 bits per heavy atom. The molecule has 158 valence electrons. The molecule has 7 heteroatoms. The van der Waals surface area contributed by atoms with Gasteiger partial charge in [0.1, 0.15) is 10.0 Å². The minimum atomic E-state index is -0.0686. The number of para-hydroxylation sites is 1. The Morgan fingerprint density at radius 2 is 1.97 bits per heavy atom. The summed E-state index contributed by atoms with van der Waals surface area (Å²) < 4.78 is 1.17. The van der Waals surface area contributed by atoms with Crippen molar-refractivity contribution in [2.75, 3.05) is 24.7 Å². The molecule has 4 aromatic rings. The molecule has 5 rings (SSSR count). The maximum Gasteiger partial charge on any atom is 0.256 e. The van der Waals surface area contributed by atoms with Gasteiger partial charge in [-0.1, -0.05) is 19.1 Å². The predicted molar refractivity (Wildman–Crippen MR) is 134 cm³/mol. The summed E-state index contributed by atoms with van der Waals surface area (Å²) in [7, 11) is 0.